The van der Waals surface area contributed by atoms with Crippen LogP contribution in [0.25, 0.3) is 0 Å². The number of hydrogen-bond donors (Lipinski definition) is 2. The van der Waals surface area contributed by atoms with Crippen LogP contribution in [0.1, 0.15) is 10.4 Å². The lowest BCUT2D eigenvalue weighted by atomic mass is 10.1. The van der Waals surface area contributed by atoms with Crippen LogP contribution in [0.5, 0.6) is 5.75 Å². The van der Waals surface area contributed by atoms with Gasteiger partial charge >= 0.3 is 0 Å². The first-order valence-corrected chi connectivity index (χ1v) is 8.89. The zero-order valence-electron chi connectivity index (χ0n) is 15.7. The maximum Gasteiger partial charge on any atom is 0.254 e. The highest BCUT2D eigenvalue weighted by atomic mass is 19.2. The van der Waals surface area contributed by atoms with E-state index in [9.17, 15) is 18.0 Å². The fraction of sp³-hybridized carbons (Fsp3) is 0.389. The molecule has 1 aromatic carbocycles. The number of anilines is 2. The fourth-order valence-corrected chi connectivity index (χ4v) is 2.80. The predicted molar refractivity (Wildman–Crippen MR) is 98.8 cm³/mol. The minimum Gasteiger partial charge on any atom is -0.491 e. The van der Waals surface area contributed by atoms with Gasteiger partial charge < -0.3 is 25.0 Å². The number of nitrogens with zero attached hydrogens (tertiary/aromatic N) is 3. The summed E-state index contributed by atoms with van der Waals surface area (Å²) in [5.74, 6) is -4.64. The molecule has 1 aliphatic rings. The van der Waals surface area contributed by atoms with Gasteiger partial charge in [0.05, 0.1) is 25.9 Å². The van der Waals surface area contributed by atoms with Gasteiger partial charge in [-0.2, -0.15) is 4.39 Å². The summed E-state index contributed by atoms with van der Waals surface area (Å²) in [6, 6.07) is 2.27. The monoisotopic (exact) mass is 411 g/mol. The number of halogens is 3. The number of ether oxygens (including phenoxy) is 2. The van der Waals surface area contributed by atoms with Crippen LogP contribution in [-0.4, -0.2) is 62.4 Å². The molecule has 1 saturated heterocycles. The standard InChI is InChI=1S/C18H20F3N5O3/c1-28-17-15(20)11(8-12(19)16(17)21)18(27)23-3-2-22-13-9-14(25-10-24-13)26-4-6-29-7-5-26/h8-10H,2-7H2,1H3,(H,23,27)(H,22,24,25). The first kappa shape index (κ1) is 20.6. The molecular formula is C18H20F3N5O3. The van der Waals surface area contributed by atoms with Crippen molar-refractivity contribution in [2.24, 2.45) is 0 Å². The van der Waals surface area contributed by atoms with Crippen molar-refractivity contribution in [1.29, 1.82) is 0 Å². The molecule has 8 nitrogen and oxygen atoms in total. The molecule has 1 aliphatic heterocycles. The van der Waals surface area contributed by atoms with Crippen molar-refractivity contribution < 1.29 is 27.4 Å². The van der Waals surface area contributed by atoms with Gasteiger partial charge in [0.25, 0.3) is 5.91 Å². The number of methoxy groups -OCH3 is 1. The summed E-state index contributed by atoms with van der Waals surface area (Å²) in [5, 5.41) is 5.44. The average Bonchev–Trinajstić information content (AvgIpc) is 2.75. The summed E-state index contributed by atoms with van der Waals surface area (Å²) < 4.78 is 50.9. The molecule has 0 aliphatic carbocycles. The minimum atomic E-state index is -1.48. The molecule has 29 heavy (non-hydrogen) atoms. The zero-order chi connectivity index (χ0) is 20.8. The largest absolute Gasteiger partial charge is 0.491 e. The molecule has 0 spiro atoms. The number of carbonyl (C=O) groups excluding carboxylic acids is 1. The summed E-state index contributed by atoms with van der Waals surface area (Å²) in [6.45, 7) is 3.09. The molecule has 0 saturated carbocycles. The smallest absolute Gasteiger partial charge is 0.254 e. The topological polar surface area (TPSA) is 88.6 Å². The van der Waals surface area contributed by atoms with E-state index < -0.39 is 34.7 Å². The first-order valence-electron chi connectivity index (χ1n) is 8.89. The second kappa shape index (κ2) is 9.41. The summed E-state index contributed by atoms with van der Waals surface area (Å²) in [7, 11) is 0.986. The number of aromatic nitrogens is 2. The normalized spacial score (nSPS) is 13.9. The molecule has 156 valence electrons. The molecular weight excluding hydrogens is 391 g/mol. The lowest BCUT2D eigenvalue weighted by Crippen LogP contribution is -2.36. The molecule has 0 atom stereocenters. The minimum absolute atomic E-state index is 0.0937. The number of nitrogens with one attached hydrogen (secondary N) is 2. The van der Waals surface area contributed by atoms with Crippen molar-refractivity contribution in [2.75, 3.05) is 56.7 Å². The second-order valence-corrected chi connectivity index (χ2v) is 6.11. The molecule has 0 bridgehead atoms. The number of carbonyl (C=O) groups is 1. The van der Waals surface area contributed by atoms with Gasteiger partial charge in [0.1, 0.15) is 18.0 Å². The average molecular weight is 411 g/mol. The van der Waals surface area contributed by atoms with Crippen molar-refractivity contribution in [3.63, 3.8) is 0 Å². The SMILES string of the molecule is COc1c(F)c(F)cc(C(=O)NCCNc2cc(N3CCOCC3)ncn2)c1F. The van der Waals surface area contributed by atoms with E-state index in [1.165, 1.54) is 6.33 Å². The maximum atomic E-state index is 14.1. The van der Waals surface area contributed by atoms with E-state index >= 15 is 0 Å². The van der Waals surface area contributed by atoms with E-state index in [0.717, 1.165) is 26.0 Å². The lowest BCUT2D eigenvalue weighted by Gasteiger charge is -2.27. The van der Waals surface area contributed by atoms with E-state index in [2.05, 4.69) is 30.2 Å². The fourth-order valence-electron chi connectivity index (χ4n) is 2.80. The number of morpholine rings is 1. The van der Waals surface area contributed by atoms with E-state index in [4.69, 9.17) is 4.74 Å². The van der Waals surface area contributed by atoms with Gasteiger partial charge in [-0.15, -0.1) is 0 Å². The van der Waals surface area contributed by atoms with Crippen LogP contribution in [0.15, 0.2) is 18.5 Å². The Hall–Kier alpha value is -3.08. The summed E-state index contributed by atoms with van der Waals surface area (Å²) in [4.78, 5) is 22.5. The summed E-state index contributed by atoms with van der Waals surface area (Å²) in [5.41, 5.74) is -0.641. The van der Waals surface area contributed by atoms with Gasteiger partial charge in [-0.25, -0.2) is 18.7 Å². The van der Waals surface area contributed by atoms with Crippen LogP contribution in [0, 0.1) is 17.5 Å². The molecule has 1 aromatic heterocycles. The second-order valence-electron chi connectivity index (χ2n) is 6.11. The first-order chi connectivity index (χ1) is 14.0. The Bertz CT molecular complexity index is 878. The van der Waals surface area contributed by atoms with Crippen LogP contribution in [-0.2, 0) is 4.74 Å². The third-order valence-corrected chi connectivity index (χ3v) is 4.27. The molecule has 0 radical (unpaired) electrons. The van der Waals surface area contributed by atoms with E-state index in [1.54, 1.807) is 6.07 Å². The van der Waals surface area contributed by atoms with Crippen LogP contribution in [0.3, 0.4) is 0 Å². The van der Waals surface area contributed by atoms with Gasteiger partial charge in [0, 0.05) is 32.2 Å². The van der Waals surface area contributed by atoms with E-state index in [1.807, 2.05) is 0 Å². The molecule has 2 aromatic rings. The Balaban J connectivity index is 1.54. The molecule has 2 N–H and O–H groups in total. The van der Waals surface area contributed by atoms with Crippen LogP contribution in [0.4, 0.5) is 24.8 Å². The van der Waals surface area contributed by atoms with Crippen molar-refractivity contribution >= 4 is 17.5 Å². The number of benzene rings is 1. The zero-order valence-corrected chi connectivity index (χ0v) is 15.7. The Labute approximate surface area is 165 Å². The van der Waals surface area contributed by atoms with Gasteiger partial charge in [-0.1, -0.05) is 0 Å². The quantitative estimate of drug-likeness (QED) is 0.528. The van der Waals surface area contributed by atoms with E-state index in [0.29, 0.717) is 25.1 Å². The Kier molecular flexibility index (Phi) is 6.70. The van der Waals surface area contributed by atoms with Gasteiger partial charge in [-0.3, -0.25) is 4.79 Å². The molecule has 1 fully saturated rings. The highest BCUT2D eigenvalue weighted by Gasteiger charge is 2.23. The molecule has 2 heterocycles. The van der Waals surface area contributed by atoms with Crippen molar-refractivity contribution in [1.82, 2.24) is 15.3 Å². The highest BCUT2D eigenvalue weighted by molar-refractivity contribution is 5.95. The Morgan fingerprint density at radius 2 is 1.93 bits per heavy atom. The molecule has 3 rings (SSSR count). The predicted octanol–water partition coefficient (Wildman–Crippen LogP) is 1.58. The summed E-state index contributed by atoms with van der Waals surface area (Å²) in [6.07, 6.45) is 1.43. The maximum absolute atomic E-state index is 14.1. The number of rotatable bonds is 7. The van der Waals surface area contributed by atoms with Crippen molar-refractivity contribution in [2.45, 2.75) is 0 Å². The van der Waals surface area contributed by atoms with Crippen LogP contribution < -0.4 is 20.3 Å². The molecule has 0 unspecified atom stereocenters. The van der Waals surface area contributed by atoms with E-state index in [-0.39, 0.29) is 13.1 Å². The van der Waals surface area contributed by atoms with Crippen LogP contribution in [0.2, 0.25) is 0 Å². The lowest BCUT2D eigenvalue weighted by molar-refractivity contribution is 0.0949. The van der Waals surface area contributed by atoms with Gasteiger partial charge in [0.15, 0.2) is 17.4 Å². The number of amides is 1. The van der Waals surface area contributed by atoms with Crippen molar-refractivity contribution in [3.05, 3.63) is 41.5 Å². The third-order valence-electron chi connectivity index (χ3n) is 4.27. The Morgan fingerprint density at radius 1 is 1.17 bits per heavy atom. The molecule has 1 amide bonds. The van der Waals surface area contributed by atoms with Crippen LogP contribution >= 0.6 is 0 Å². The molecule has 11 heteroatoms. The third kappa shape index (κ3) is 4.86. The van der Waals surface area contributed by atoms with Crippen molar-refractivity contribution in [3.8, 4) is 5.75 Å². The van der Waals surface area contributed by atoms with Gasteiger partial charge in [-0.05, 0) is 6.07 Å². The Morgan fingerprint density at radius 3 is 2.66 bits per heavy atom. The highest BCUT2D eigenvalue weighted by Crippen LogP contribution is 2.26. The number of hydrogen-bond acceptors (Lipinski definition) is 7. The summed E-state index contributed by atoms with van der Waals surface area (Å²) >= 11 is 0. The van der Waals surface area contributed by atoms with Gasteiger partial charge in [0.2, 0.25) is 5.82 Å².